The molecule has 0 aliphatic carbocycles. The SMILES string of the molecule is Cc1cc(C(=O)Nc2c(N)cccc2Cl)no1. The van der Waals surface area contributed by atoms with E-state index in [0.29, 0.717) is 22.2 Å². The molecular formula is C11H10ClN3O2. The van der Waals surface area contributed by atoms with Crippen molar-refractivity contribution < 1.29 is 9.32 Å². The van der Waals surface area contributed by atoms with Crippen LogP contribution >= 0.6 is 11.6 Å². The van der Waals surface area contributed by atoms with E-state index in [1.165, 1.54) is 6.07 Å². The maximum Gasteiger partial charge on any atom is 0.277 e. The molecule has 0 atom stereocenters. The number of benzene rings is 1. The van der Waals surface area contributed by atoms with Crippen LogP contribution in [0.5, 0.6) is 0 Å². The van der Waals surface area contributed by atoms with E-state index in [1.54, 1.807) is 25.1 Å². The molecule has 1 amide bonds. The highest BCUT2D eigenvalue weighted by Crippen LogP contribution is 2.28. The van der Waals surface area contributed by atoms with Crippen LogP contribution in [-0.4, -0.2) is 11.1 Å². The number of carbonyl (C=O) groups is 1. The molecule has 0 unspecified atom stereocenters. The third-order valence-corrected chi connectivity index (χ3v) is 2.46. The lowest BCUT2D eigenvalue weighted by atomic mass is 10.2. The molecule has 2 rings (SSSR count). The maximum atomic E-state index is 11.8. The first-order valence-electron chi connectivity index (χ1n) is 4.86. The summed E-state index contributed by atoms with van der Waals surface area (Å²) in [6, 6.07) is 6.52. The van der Waals surface area contributed by atoms with Crippen molar-refractivity contribution in [2.45, 2.75) is 6.92 Å². The van der Waals surface area contributed by atoms with E-state index < -0.39 is 5.91 Å². The van der Waals surface area contributed by atoms with Crippen molar-refractivity contribution in [3.63, 3.8) is 0 Å². The summed E-state index contributed by atoms with van der Waals surface area (Å²) in [5.74, 6) is 0.143. The van der Waals surface area contributed by atoms with Crippen molar-refractivity contribution in [3.05, 3.63) is 40.7 Å². The number of hydrogen-bond donors (Lipinski definition) is 2. The second-order valence-electron chi connectivity index (χ2n) is 3.48. The van der Waals surface area contributed by atoms with E-state index in [4.69, 9.17) is 21.9 Å². The third kappa shape index (κ3) is 2.39. The number of amides is 1. The predicted molar refractivity (Wildman–Crippen MR) is 65.1 cm³/mol. The number of hydrogen-bond acceptors (Lipinski definition) is 4. The molecule has 2 aromatic rings. The Morgan fingerprint density at radius 1 is 1.53 bits per heavy atom. The predicted octanol–water partition coefficient (Wildman–Crippen LogP) is 2.47. The number of rotatable bonds is 2. The van der Waals surface area contributed by atoms with Gasteiger partial charge in [0, 0.05) is 6.07 Å². The van der Waals surface area contributed by atoms with Gasteiger partial charge in [-0.25, -0.2) is 0 Å². The molecule has 0 saturated carbocycles. The summed E-state index contributed by atoms with van der Waals surface area (Å²) < 4.78 is 4.81. The highest BCUT2D eigenvalue weighted by atomic mass is 35.5. The van der Waals surface area contributed by atoms with Crippen molar-refractivity contribution in [1.82, 2.24) is 5.16 Å². The molecule has 6 heteroatoms. The van der Waals surface area contributed by atoms with E-state index in [9.17, 15) is 4.79 Å². The second kappa shape index (κ2) is 4.47. The van der Waals surface area contributed by atoms with Gasteiger partial charge >= 0.3 is 0 Å². The molecule has 0 aliphatic rings. The summed E-state index contributed by atoms with van der Waals surface area (Å²) in [5, 5.41) is 6.56. The molecule has 0 spiro atoms. The van der Waals surface area contributed by atoms with Crippen LogP contribution in [0.2, 0.25) is 5.02 Å². The van der Waals surface area contributed by atoms with Crippen molar-refractivity contribution >= 4 is 28.9 Å². The summed E-state index contributed by atoms with van der Waals surface area (Å²) in [6.07, 6.45) is 0. The van der Waals surface area contributed by atoms with Gasteiger partial charge in [0.2, 0.25) is 0 Å². The van der Waals surface area contributed by atoms with Crippen molar-refractivity contribution in [2.24, 2.45) is 0 Å². The fourth-order valence-corrected chi connectivity index (χ4v) is 1.55. The number of nitrogens with one attached hydrogen (secondary N) is 1. The Bertz CT molecular complexity index is 545. The van der Waals surface area contributed by atoms with Crippen LogP contribution in [0.4, 0.5) is 11.4 Å². The minimum Gasteiger partial charge on any atom is -0.397 e. The first-order chi connectivity index (χ1) is 8.08. The van der Waals surface area contributed by atoms with Gasteiger partial charge < -0.3 is 15.6 Å². The minimum absolute atomic E-state index is 0.182. The lowest BCUT2D eigenvalue weighted by Gasteiger charge is -2.08. The van der Waals surface area contributed by atoms with Gasteiger partial charge in [0.25, 0.3) is 5.91 Å². The van der Waals surface area contributed by atoms with E-state index in [2.05, 4.69) is 10.5 Å². The Labute approximate surface area is 103 Å². The number of nitrogens with two attached hydrogens (primary N) is 1. The summed E-state index contributed by atoms with van der Waals surface area (Å²) in [6.45, 7) is 1.70. The largest absolute Gasteiger partial charge is 0.397 e. The van der Waals surface area contributed by atoms with Gasteiger partial charge in [0.05, 0.1) is 16.4 Å². The topological polar surface area (TPSA) is 81.2 Å². The maximum absolute atomic E-state index is 11.8. The van der Waals surface area contributed by atoms with Crippen LogP contribution in [0.1, 0.15) is 16.2 Å². The van der Waals surface area contributed by atoms with Crippen LogP contribution in [0.3, 0.4) is 0 Å². The average Bonchev–Trinajstić information content (AvgIpc) is 2.70. The summed E-state index contributed by atoms with van der Waals surface area (Å²) in [5.41, 5.74) is 6.66. The highest BCUT2D eigenvalue weighted by molar-refractivity contribution is 6.34. The van der Waals surface area contributed by atoms with Gasteiger partial charge in [-0.15, -0.1) is 0 Å². The molecule has 88 valence electrons. The fraction of sp³-hybridized carbons (Fsp3) is 0.0909. The van der Waals surface area contributed by atoms with Gasteiger partial charge in [-0.1, -0.05) is 22.8 Å². The number of carbonyl (C=O) groups excluding carboxylic acids is 1. The molecule has 0 fully saturated rings. The van der Waals surface area contributed by atoms with Gasteiger partial charge in [-0.3, -0.25) is 4.79 Å². The van der Waals surface area contributed by atoms with E-state index in [-0.39, 0.29) is 5.69 Å². The zero-order valence-electron chi connectivity index (χ0n) is 9.03. The molecule has 0 bridgehead atoms. The van der Waals surface area contributed by atoms with E-state index in [0.717, 1.165) is 0 Å². The number of nitrogen functional groups attached to an aromatic ring is 1. The van der Waals surface area contributed by atoms with E-state index >= 15 is 0 Å². The number of aromatic nitrogens is 1. The van der Waals surface area contributed by atoms with Crippen LogP contribution in [0, 0.1) is 6.92 Å². The lowest BCUT2D eigenvalue weighted by molar-refractivity contribution is 0.101. The summed E-state index contributed by atoms with van der Waals surface area (Å²) >= 11 is 5.93. The van der Waals surface area contributed by atoms with Crippen molar-refractivity contribution in [1.29, 1.82) is 0 Å². The fourth-order valence-electron chi connectivity index (χ4n) is 1.32. The first kappa shape index (κ1) is 11.5. The first-order valence-corrected chi connectivity index (χ1v) is 5.24. The lowest BCUT2D eigenvalue weighted by Crippen LogP contribution is -2.13. The van der Waals surface area contributed by atoms with Crippen LogP contribution < -0.4 is 11.1 Å². The van der Waals surface area contributed by atoms with Crippen molar-refractivity contribution in [2.75, 3.05) is 11.1 Å². The monoisotopic (exact) mass is 251 g/mol. The number of aryl methyl sites for hydroxylation is 1. The van der Waals surface area contributed by atoms with Crippen LogP contribution in [0.15, 0.2) is 28.8 Å². The molecular weight excluding hydrogens is 242 g/mol. The molecule has 3 N–H and O–H groups in total. The molecule has 0 radical (unpaired) electrons. The van der Waals surface area contributed by atoms with Gasteiger partial charge in [-0.2, -0.15) is 0 Å². The zero-order valence-corrected chi connectivity index (χ0v) is 9.78. The van der Waals surface area contributed by atoms with Gasteiger partial charge in [0.1, 0.15) is 5.76 Å². The number of halogens is 1. The highest BCUT2D eigenvalue weighted by Gasteiger charge is 2.14. The van der Waals surface area contributed by atoms with Crippen molar-refractivity contribution in [3.8, 4) is 0 Å². The smallest absolute Gasteiger partial charge is 0.277 e. The minimum atomic E-state index is -0.415. The molecule has 0 saturated heterocycles. The molecule has 1 aromatic heterocycles. The second-order valence-corrected chi connectivity index (χ2v) is 3.89. The Kier molecular flexibility index (Phi) is 3.01. The average molecular weight is 252 g/mol. The number of anilines is 2. The van der Waals surface area contributed by atoms with E-state index in [1.807, 2.05) is 0 Å². The quantitative estimate of drug-likeness (QED) is 0.804. The molecule has 1 aromatic carbocycles. The molecule has 5 nitrogen and oxygen atoms in total. The Hall–Kier alpha value is -2.01. The van der Waals surface area contributed by atoms with Gasteiger partial charge in [-0.05, 0) is 19.1 Å². The number of nitrogens with zero attached hydrogens (tertiary/aromatic N) is 1. The number of para-hydroxylation sites is 1. The standard InChI is InChI=1S/C11H10ClN3O2/c1-6-5-9(15-17-6)11(16)14-10-7(12)3-2-4-8(10)13/h2-5H,13H2,1H3,(H,14,16). The Balaban J connectivity index is 2.24. The Morgan fingerprint density at radius 2 is 2.29 bits per heavy atom. The molecule has 17 heavy (non-hydrogen) atoms. The summed E-state index contributed by atoms with van der Waals surface area (Å²) in [7, 11) is 0. The Morgan fingerprint density at radius 3 is 2.88 bits per heavy atom. The molecule has 1 heterocycles. The normalized spacial score (nSPS) is 10.2. The zero-order chi connectivity index (χ0) is 12.4. The van der Waals surface area contributed by atoms with Gasteiger partial charge in [0.15, 0.2) is 5.69 Å². The summed E-state index contributed by atoms with van der Waals surface area (Å²) in [4.78, 5) is 11.8. The van der Waals surface area contributed by atoms with Crippen LogP contribution in [-0.2, 0) is 0 Å². The third-order valence-electron chi connectivity index (χ3n) is 2.14. The van der Waals surface area contributed by atoms with Crippen LogP contribution in [0.25, 0.3) is 0 Å². The molecule has 0 aliphatic heterocycles.